The van der Waals surface area contributed by atoms with Gasteiger partial charge in [0.05, 0.1) is 6.04 Å². The monoisotopic (exact) mass is 265 g/mol. The number of nitrogens with zero attached hydrogens (tertiary/aromatic N) is 2. The van der Waals surface area contributed by atoms with Crippen molar-refractivity contribution in [3.63, 3.8) is 0 Å². The van der Waals surface area contributed by atoms with Crippen molar-refractivity contribution in [1.29, 1.82) is 0 Å². The molecule has 0 saturated carbocycles. The first-order valence-electron chi connectivity index (χ1n) is 5.69. The van der Waals surface area contributed by atoms with Crippen LogP contribution in [0.4, 0.5) is 4.39 Å². The SMILES string of the molecule is Fc1cccc(Cc2noc([C@H]3CSCN3)n2)c1. The Morgan fingerprint density at radius 1 is 1.50 bits per heavy atom. The first kappa shape index (κ1) is 11.7. The van der Waals surface area contributed by atoms with Gasteiger partial charge in [0, 0.05) is 18.1 Å². The zero-order chi connectivity index (χ0) is 12.4. The minimum absolute atomic E-state index is 0.142. The molecular formula is C12H12FN3OS. The summed E-state index contributed by atoms with van der Waals surface area (Å²) in [6.07, 6.45) is 0.487. The molecule has 3 rings (SSSR count). The first-order chi connectivity index (χ1) is 8.81. The number of hydrogen-bond donors (Lipinski definition) is 1. The van der Waals surface area contributed by atoms with Crippen LogP contribution < -0.4 is 5.32 Å². The molecule has 18 heavy (non-hydrogen) atoms. The minimum Gasteiger partial charge on any atom is -0.338 e. The smallest absolute Gasteiger partial charge is 0.244 e. The van der Waals surface area contributed by atoms with Gasteiger partial charge in [-0.25, -0.2) is 4.39 Å². The third-order valence-electron chi connectivity index (χ3n) is 2.75. The number of aromatic nitrogens is 2. The largest absolute Gasteiger partial charge is 0.338 e. The summed E-state index contributed by atoms with van der Waals surface area (Å²) < 4.78 is 18.3. The minimum atomic E-state index is -0.245. The number of rotatable bonds is 3. The molecule has 1 aliphatic heterocycles. The fourth-order valence-electron chi connectivity index (χ4n) is 1.86. The lowest BCUT2D eigenvalue weighted by molar-refractivity contribution is 0.347. The van der Waals surface area contributed by atoms with E-state index >= 15 is 0 Å². The highest BCUT2D eigenvalue weighted by atomic mass is 32.2. The molecule has 0 aliphatic carbocycles. The van der Waals surface area contributed by atoms with Crippen LogP contribution in [0, 0.1) is 5.82 Å². The molecule has 4 nitrogen and oxygen atoms in total. The summed E-state index contributed by atoms with van der Waals surface area (Å²) in [5, 5.41) is 7.19. The molecule has 0 bridgehead atoms. The van der Waals surface area contributed by atoms with Crippen molar-refractivity contribution in [1.82, 2.24) is 15.5 Å². The molecule has 6 heteroatoms. The van der Waals surface area contributed by atoms with Crippen LogP contribution >= 0.6 is 11.8 Å². The van der Waals surface area contributed by atoms with E-state index in [1.165, 1.54) is 12.1 Å². The number of thioether (sulfide) groups is 1. The number of nitrogens with one attached hydrogen (secondary N) is 1. The predicted molar refractivity (Wildman–Crippen MR) is 66.7 cm³/mol. The number of benzene rings is 1. The second kappa shape index (κ2) is 5.07. The van der Waals surface area contributed by atoms with Crippen LogP contribution in [0.3, 0.4) is 0 Å². The zero-order valence-electron chi connectivity index (χ0n) is 9.60. The quantitative estimate of drug-likeness (QED) is 0.921. The fraction of sp³-hybridized carbons (Fsp3) is 0.333. The maximum absolute atomic E-state index is 13.0. The van der Waals surface area contributed by atoms with Crippen molar-refractivity contribution in [3.8, 4) is 0 Å². The van der Waals surface area contributed by atoms with Gasteiger partial charge in [0.2, 0.25) is 5.89 Å². The highest BCUT2D eigenvalue weighted by Gasteiger charge is 2.22. The predicted octanol–water partition coefficient (Wildman–Crippen LogP) is 2.13. The molecule has 0 radical (unpaired) electrons. The van der Waals surface area contributed by atoms with Gasteiger partial charge >= 0.3 is 0 Å². The molecule has 0 amide bonds. The lowest BCUT2D eigenvalue weighted by atomic mass is 10.1. The molecule has 94 valence electrons. The molecular weight excluding hydrogens is 253 g/mol. The Kier molecular flexibility index (Phi) is 3.29. The van der Waals surface area contributed by atoms with Crippen LogP contribution in [-0.4, -0.2) is 21.8 Å². The molecule has 1 N–H and O–H groups in total. The van der Waals surface area contributed by atoms with Gasteiger partial charge < -0.3 is 4.52 Å². The second-order valence-corrected chi connectivity index (χ2v) is 5.16. The zero-order valence-corrected chi connectivity index (χ0v) is 10.4. The Labute approximate surface area is 108 Å². The maximum atomic E-state index is 13.0. The Morgan fingerprint density at radius 3 is 3.22 bits per heavy atom. The summed E-state index contributed by atoms with van der Waals surface area (Å²) in [5.74, 6) is 2.82. The normalized spacial score (nSPS) is 19.3. The van der Waals surface area contributed by atoms with Gasteiger partial charge in [-0.15, -0.1) is 11.8 Å². The van der Waals surface area contributed by atoms with Crippen molar-refractivity contribution in [2.24, 2.45) is 0 Å². The highest BCUT2D eigenvalue weighted by Crippen LogP contribution is 2.22. The van der Waals surface area contributed by atoms with E-state index in [1.807, 2.05) is 6.07 Å². The van der Waals surface area contributed by atoms with Gasteiger partial charge in [-0.3, -0.25) is 5.32 Å². The number of halogens is 1. The van der Waals surface area contributed by atoms with E-state index in [1.54, 1.807) is 17.8 Å². The Hall–Kier alpha value is -1.40. The molecule has 0 unspecified atom stereocenters. The molecule has 2 heterocycles. The van der Waals surface area contributed by atoms with Gasteiger partial charge in [0.15, 0.2) is 5.82 Å². The van der Waals surface area contributed by atoms with Gasteiger partial charge in [-0.05, 0) is 17.7 Å². The Morgan fingerprint density at radius 2 is 2.44 bits per heavy atom. The molecule has 1 aromatic carbocycles. The van der Waals surface area contributed by atoms with Gasteiger partial charge in [0.1, 0.15) is 5.82 Å². The van der Waals surface area contributed by atoms with Gasteiger partial charge in [-0.2, -0.15) is 4.98 Å². The summed E-state index contributed by atoms with van der Waals surface area (Å²) in [6.45, 7) is 0. The van der Waals surface area contributed by atoms with E-state index in [9.17, 15) is 4.39 Å². The summed E-state index contributed by atoms with van der Waals surface area (Å²) in [4.78, 5) is 4.34. The van der Waals surface area contributed by atoms with Crippen molar-refractivity contribution in [3.05, 3.63) is 47.4 Å². The highest BCUT2D eigenvalue weighted by molar-refractivity contribution is 7.99. The first-order valence-corrected chi connectivity index (χ1v) is 6.85. The molecule has 1 saturated heterocycles. The Balaban J connectivity index is 1.73. The summed E-state index contributed by atoms with van der Waals surface area (Å²) in [5.41, 5.74) is 0.844. The van der Waals surface area contributed by atoms with E-state index in [0.717, 1.165) is 17.2 Å². The molecule has 1 atom stereocenters. The van der Waals surface area contributed by atoms with Crippen molar-refractivity contribution in [2.75, 3.05) is 11.6 Å². The van der Waals surface area contributed by atoms with E-state index in [-0.39, 0.29) is 11.9 Å². The summed E-state index contributed by atoms with van der Waals surface area (Å²) in [6, 6.07) is 6.58. The fourth-order valence-corrected chi connectivity index (χ4v) is 2.80. The van der Waals surface area contributed by atoms with Gasteiger partial charge in [0.25, 0.3) is 0 Å². The lowest BCUT2D eigenvalue weighted by Gasteiger charge is -2.00. The topological polar surface area (TPSA) is 51.0 Å². The van der Waals surface area contributed by atoms with Crippen LogP contribution in [0.15, 0.2) is 28.8 Å². The van der Waals surface area contributed by atoms with E-state index in [2.05, 4.69) is 15.5 Å². The number of hydrogen-bond acceptors (Lipinski definition) is 5. The molecule has 0 spiro atoms. The third kappa shape index (κ3) is 2.54. The molecule has 1 aromatic heterocycles. The maximum Gasteiger partial charge on any atom is 0.244 e. The van der Waals surface area contributed by atoms with Crippen LogP contribution in [0.25, 0.3) is 0 Å². The van der Waals surface area contributed by atoms with Crippen LogP contribution in [0.5, 0.6) is 0 Å². The van der Waals surface area contributed by atoms with E-state index < -0.39 is 0 Å². The van der Waals surface area contributed by atoms with Crippen molar-refractivity contribution < 1.29 is 8.91 Å². The summed E-state index contributed by atoms with van der Waals surface area (Å²) >= 11 is 1.80. The van der Waals surface area contributed by atoms with Crippen LogP contribution in [-0.2, 0) is 6.42 Å². The van der Waals surface area contributed by atoms with E-state index in [0.29, 0.717) is 18.1 Å². The molecule has 2 aromatic rings. The molecule has 1 aliphatic rings. The Bertz CT molecular complexity index is 540. The van der Waals surface area contributed by atoms with Crippen molar-refractivity contribution >= 4 is 11.8 Å². The summed E-state index contributed by atoms with van der Waals surface area (Å²) in [7, 11) is 0. The molecule has 1 fully saturated rings. The lowest BCUT2D eigenvalue weighted by Crippen LogP contribution is -2.14. The second-order valence-electron chi connectivity index (χ2n) is 4.13. The van der Waals surface area contributed by atoms with Crippen molar-refractivity contribution in [2.45, 2.75) is 12.5 Å². The van der Waals surface area contributed by atoms with Crippen LogP contribution in [0.1, 0.15) is 23.3 Å². The average molecular weight is 265 g/mol. The van der Waals surface area contributed by atoms with Gasteiger partial charge in [-0.1, -0.05) is 17.3 Å². The average Bonchev–Trinajstić information content (AvgIpc) is 2.98. The standard InChI is InChI=1S/C12H12FN3OS/c13-9-3-1-2-8(4-9)5-11-15-12(17-16-11)10-6-18-7-14-10/h1-4,10,14H,5-7H2/t10-/m1/s1. The van der Waals surface area contributed by atoms with E-state index in [4.69, 9.17) is 4.52 Å². The third-order valence-corrected chi connectivity index (χ3v) is 3.69. The van der Waals surface area contributed by atoms with Crippen LogP contribution in [0.2, 0.25) is 0 Å².